The number of rotatable bonds is 7. The van der Waals surface area contributed by atoms with Crippen molar-refractivity contribution < 1.29 is 4.74 Å². The van der Waals surface area contributed by atoms with E-state index in [0.717, 1.165) is 19.7 Å². The predicted molar refractivity (Wildman–Crippen MR) is 80.1 cm³/mol. The minimum absolute atomic E-state index is 0.500. The molecule has 2 heteroatoms. The Morgan fingerprint density at radius 3 is 2.42 bits per heavy atom. The molecule has 1 fully saturated rings. The van der Waals surface area contributed by atoms with E-state index in [2.05, 4.69) is 36.5 Å². The lowest BCUT2D eigenvalue weighted by molar-refractivity contribution is 0.0168. The third-order valence-corrected chi connectivity index (χ3v) is 3.82. The fourth-order valence-corrected chi connectivity index (χ4v) is 2.61. The summed E-state index contributed by atoms with van der Waals surface area (Å²) in [6, 6.07) is 8.82. The molecule has 2 nitrogen and oxygen atoms in total. The predicted octanol–water partition coefficient (Wildman–Crippen LogP) is 4.04. The molecule has 0 aromatic heterocycles. The maximum absolute atomic E-state index is 5.99. The molecule has 0 heterocycles. The highest BCUT2D eigenvalue weighted by Gasteiger charge is 2.13. The maximum Gasteiger partial charge on any atom is 0.0720 e. The average Bonchev–Trinajstić information content (AvgIpc) is 2.48. The summed E-state index contributed by atoms with van der Waals surface area (Å²) in [7, 11) is 0. The van der Waals surface area contributed by atoms with Crippen LogP contribution in [0.1, 0.15) is 56.6 Å². The summed E-state index contributed by atoms with van der Waals surface area (Å²) in [6.07, 6.45) is 8.25. The van der Waals surface area contributed by atoms with E-state index in [4.69, 9.17) is 4.74 Å². The van der Waals surface area contributed by atoms with Gasteiger partial charge in [-0.05, 0) is 36.9 Å². The molecule has 0 amide bonds. The Kier molecular flexibility index (Phi) is 6.38. The van der Waals surface area contributed by atoms with Crippen LogP contribution in [0.4, 0.5) is 0 Å². The molecule has 1 aromatic rings. The van der Waals surface area contributed by atoms with Gasteiger partial charge in [-0.25, -0.2) is 0 Å². The molecule has 1 aliphatic rings. The Labute approximate surface area is 117 Å². The van der Waals surface area contributed by atoms with Crippen molar-refractivity contribution in [3.63, 3.8) is 0 Å². The van der Waals surface area contributed by atoms with Crippen molar-refractivity contribution >= 4 is 0 Å². The summed E-state index contributed by atoms with van der Waals surface area (Å²) in [5.74, 6) is 0. The second kappa shape index (κ2) is 8.34. The average molecular weight is 261 g/mol. The van der Waals surface area contributed by atoms with Crippen molar-refractivity contribution in [2.45, 2.75) is 64.7 Å². The van der Waals surface area contributed by atoms with Crippen molar-refractivity contribution in [3.05, 3.63) is 35.4 Å². The van der Waals surface area contributed by atoms with Crippen molar-refractivity contribution in [2.24, 2.45) is 0 Å². The van der Waals surface area contributed by atoms with Gasteiger partial charge in [0.25, 0.3) is 0 Å². The molecule has 0 spiro atoms. The molecule has 1 aliphatic carbocycles. The highest BCUT2D eigenvalue weighted by atomic mass is 16.5. The second-order valence-electron chi connectivity index (χ2n) is 5.56. The molecule has 106 valence electrons. The maximum atomic E-state index is 5.99. The van der Waals surface area contributed by atoms with Crippen LogP contribution in [0.2, 0.25) is 0 Å². The van der Waals surface area contributed by atoms with Gasteiger partial charge < -0.3 is 10.1 Å². The summed E-state index contributed by atoms with van der Waals surface area (Å²) >= 11 is 0. The van der Waals surface area contributed by atoms with Gasteiger partial charge in [-0.2, -0.15) is 0 Å². The summed E-state index contributed by atoms with van der Waals surface area (Å²) in [4.78, 5) is 0. The van der Waals surface area contributed by atoms with E-state index in [-0.39, 0.29) is 0 Å². The molecule has 0 bridgehead atoms. The van der Waals surface area contributed by atoms with Crippen LogP contribution in [0.25, 0.3) is 0 Å². The standard InChI is InChI=1S/C17H27NO/c1-2-12-18-13-15-8-10-16(11-9-15)14-19-17-6-4-3-5-7-17/h8-11,17-18H,2-7,12-14H2,1H3. The van der Waals surface area contributed by atoms with Gasteiger partial charge in [0, 0.05) is 6.54 Å². The topological polar surface area (TPSA) is 21.3 Å². The lowest BCUT2D eigenvalue weighted by atomic mass is 9.98. The highest BCUT2D eigenvalue weighted by molar-refractivity contribution is 5.21. The van der Waals surface area contributed by atoms with Crippen molar-refractivity contribution in [2.75, 3.05) is 6.54 Å². The van der Waals surface area contributed by atoms with Crippen LogP contribution in [-0.4, -0.2) is 12.6 Å². The smallest absolute Gasteiger partial charge is 0.0720 e. The minimum Gasteiger partial charge on any atom is -0.374 e. The largest absolute Gasteiger partial charge is 0.374 e. The number of benzene rings is 1. The quantitative estimate of drug-likeness (QED) is 0.748. The van der Waals surface area contributed by atoms with Gasteiger partial charge in [-0.3, -0.25) is 0 Å². The summed E-state index contributed by atoms with van der Waals surface area (Å²) in [5, 5.41) is 3.42. The molecular weight excluding hydrogens is 234 g/mol. The van der Waals surface area contributed by atoms with Crippen LogP contribution in [0.3, 0.4) is 0 Å². The highest BCUT2D eigenvalue weighted by Crippen LogP contribution is 2.21. The van der Waals surface area contributed by atoms with E-state index in [9.17, 15) is 0 Å². The van der Waals surface area contributed by atoms with E-state index in [1.54, 1.807) is 0 Å². The SMILES string of the molecule is CCCNCc1ccc(COC2CCCCC2)cc1. The Morgan fingerprint density at radius 2 is 1.74 bits per heavy atom. The molecule has 0 unspecified atom stereocenters. The first kappa shape index (κ1) is 14.5. The Hall–Kier alpha value is -0.860. The van der Waals surface area contributed by atoms with Gasteiger partial charge in [-0.15, -0.1) is 0 Å². The molecule has 1 N–H and O–H groups in total. The van der Waals surface area contributed by atoms with Crippen LogP contribution in [0.15, 0.2) is 24.3 Å². The molecular formula is C17H27NO. The molecule has 0 radical (unpaired) electrons. The van der Waals surface area contributed by atoms with Gasteiger partial charge in [0.15, 0.2) is 0 Å². The van der Waals surface area contributed by atoms with E-state index < -0.39 is 0 Å². The zero-order valence-corrected chi connectivity index (χ0v) is 12.2. The zero-order chi connectivity index (χ0) is 13.3. The Balaban J connectivity index is 1.71. The van der Waals surface area contributed by atoms with Crippen molar-refractivity contribution in [1.29, 1.82) is 0 Å². The first-order valence-corrected chi connectivity index (χ1v) is 7.78. The number of hydrogen-bond donors (Lipinski definition) is 1. The summed E-state index contributed by atoms with van der Waals surface area (Å²) < 4.78 is 5.99. The molecule has 0 atom stereocenters. The van der Waals surface area contributed by atoms with E-state index in [1.807, 2.05) is 0 Å². The number of nitrogens with one attached hydrogen (secondary N) is 1. The van der Waals surface area contributed by atoms with E-state index in [0.29, 0.717) is 6.10 Å². The van der Waals surface area contributed by atoms with Crippen molar-refractivity contribution in [3.8, 4) is 0 Å². The van der Waals surface area contributed by atoms with Crippen LogP contribution in [-0.2, 0) is 17.9 Å². The molecule has 19 heavy (non-hydrogen) atoms. The molecule has 1 saturated carbocycles. The monoisotopic (exact) mass is 261 g/mol. The van der Waals surface area contributed by atoms with Crippen LogP contribution in [0.5, 0.6) is 0 Å². The fourth-order valence-electron chi connectivity index (χ4n) is 2.61. The molecule has 2 rings (SSSR count). The van der Waals surface area contributed by atoms with Gasteiger partial charge >= 0.3 is 0 Å². The van der Waals surface area contributed by atoms with Crippen molar-refractivity contribution in [1.82, 2.24) is 5.32 Å². The number of ether oxygens (including phenoxy) is 1. The lowest BCUT2D eigenvalue weighted by Crippen LogP contribution is -2.16. The van der Waals surface area contributed by atoms with Crippen LogP contribution >= 0.6 is 0 Å². The normalized spacial score (nSPS) is 16.7. The van der Waals surface area contributed by atoms with Gasteiger partial charge in [0.2, 0.25) is 0 Å². The summed E-state index contributed by atoms with van der Waals surface area (Å²) in [5.41, 5.74) is 2.65. The zero-order valence-electron chi connectivity index (χ0n) is 12.2. The fraction of sp³-hybridized carbons (Fsp3) is 0.647. The van der Waals surface area contributed by atoms with Gasteiger partial charge in [-0.1, -0.05) is 50.5 Å². The number of hydrogen-bond acceptors (Lipinski definition) is 2. The first-order chi connectivity index (χ1) is 9.38. The van der Waals surface area contributed by atoms with E-state index in [1.165, 1.54) is 49.7 Å². The molecule has 0 aliphatic heterocycles. The Morgan fingerprint density at radius 1 is 1.05 bits per heavy atom. The Bertz CT molecular complexity index is 341. The minimum atomic E-state index is 0.500. The van der Waals surface area contributed by atoms with E-state index >= 15 is 0 Å². The lowest BCUT2D eigenvalue weighted by Gasteiger charge is -2.22. The molecule has 1 aromatic carbocycles. The first-order valence-electron chi connectivity index (χ1n) is 7.78. The van der Waals surface area contributed by atoms with Crippen LogP contribution in [0, 0.1) is 0 Å². The van der Waals surface area contributed by atoms with Gasteiger partial charge in [0.1, 0.15) is 0 Å². The summed E-state index contributed by atoms with van der Waals surface area (Å²) in [6.45, 7) is 5.02. The third kappa shape index (κ3) is 5.33. The third-order valence-electron chi connectivity index (χ3n) is 3.82. The van der Waals surface area contributed by atoms with Crippen LogP contribution < -0.4 is 5.32 Å². The second-order valence-corrected chi connectivity index (χ2v) is 5.56. The van der Waals surface area contributed by atoms with Gasteiger partial charge in [0.05, 0.1) is 12.7 Å². The molecule has 0 saturated heterocycles.